The summed E-state index contributed by atoms with van der Waals surface area (Å²) < 4.78 is 22.9. The number of morpholine rings is 1. The molecule has 1 aromatic heterocycles. The molecule has 2 fully saturated rings. The van der Waals surface area contributed by atoms with Gasteiger partial charge in [0.25, 0.3) is 5.91 Å². The minimum absolute atomic E-state index is 0.211. The highest BCUT2D eigenvalue weighted by atomic mass is 35.5. The van der Waals surface area contributed by atoms with Gasteiger partial charge in [0.15, 0.2) is 11.5 Å². The molecule has 2 heterocycles. The third-order valence-electron chi connectivity index (χ3n) is 7.09. The van der Waals surface area contributed by atoms with Crippen molar-refractivity contribution in [2.75, 3.05) is 38.7 Å². The highest BCUT2D eigenvalue weighted by Crippen LogP contribution is 2.35. The minimum Gasteiger partial charge on any atom is -0.493 e. The van der Waals surface area contributed by atoms with Gasteiger partial charge in [-0.2, -0.15) is 0 Å². The van der Waals surface area contributed by atoms with E-state index in [4.69, 9.17) is 42.1 Å². The Labute approximate surface area is 248 Å². The van der Waals surface area contributed by atoms with Crippen molar-refractivity contribution >= 4 is 40.8 Å². The smallest absolute Gasteiger partial charge is 0.338 e. The molecule has 41 heavy (non-hydrogen) atoms. The number of pyridine rings is 1. The quantitative estimate of drug-likeness (QED) is 0.315. The molecule has 1 aliphatic carbocycles. The molecule has 5 rings (SSSR count). The van der Waals surface area contributed by atoms with E-state index in [-0.39, 0.29) is 33.9 Å². The third-order valence-corrected chi connectivity index (χ3v) is 7.67. The van der Waals surface area contributed by atoms with Gasteiger partial charge in [-0.25, -0.2) is 4.79 Å². The molecule has 1 aliphatic heterocycles. The number of anilines is 1. The molecule has 9 nitrogen and oxygen atoms in total. The fourth-order valence-corrected chi connectivity index (χ4v) is 5.41. The van der Waals surface area contributed by atoms with Crippen LogP contribution in [0.15, 0.2) is 54.9 Å². The van der Waals surface area contributed by atoms with Crippen LogP contribution in [0.5, 0.6) is 11.5 Å². The number of halogens is 2. The molecule has 1 saturated carbocycles. The minimum atomic E-state index is -0.415. The standard InChI is InChI=1S/C30H31Cl2N3O6/c1-38-26-8-5-20(29(36)34-28-24(31)16-33-17-25(28)32)14-27(26)40-22-6-7-23(15-22)41-30(37)21-4-2-3-19(13-21)18-35-9-11-39-12-10-35/h2-5,8,13-14,16-17,22-23H,6-7,9-12,15,18H2,1H3,(H,33,34,36)/t22-,23+/m1/s1. The first-order valence-electron chi connectivity index (χ1n) is 13.4. The topological polar surface area (TPSA) is 99.2 Å². The Hall–Kier alpha value is -3.37. The van der Waals surface area contributed by atoms with Crippen molar-refractivity contribution < 1.29 is 28.5 Å². The summed E-state index contributed by atoms with van der Waals surface area (Å²) in [5.41, 5.74) is 2.22. The first kappa shape index (κ1) is 29.1. The van der Waals surface area contributed by atoms with Crippen molar-refractivity contribution in [3.05, 3.63) is 81.6 Å². The van der Waals surface area contributed by atoms with Crippen molar-refractivity contribution in [3.8, 4) is 11.5 Å². The molecule has 0 unspecified atom stereocenters. The Kier molecular flexibility index (Phi) is 9.61. The Bertz CT molecular complexity index is 1380. The lowest BCUT2D eigenvalue weighted by Crippen LogP contribution is -2.35. The predicted octanol–water partition coefficient (Wildman–Crippen LogP) is 5.64. The van der Waals surface area contributed by atoms with Gasteiger partial charge in [0, 0.05) is 44.0 Å². The second-order valence-electron chi connectivity index (χ2n) is 9.97. The van der Waals surface area contributed by atoms with Crippen molar-refractivity contribution in [1.29, 1.82) is 0 Å². The number of ether oxygens (including phenoxy) is 4. The molecule has 1 saturated heterocycles. The zero-order chi connectivity index (χ0) is 28.8. The second-order valence-corrected chi connectivity index (χ2v) is 10.8. The Morgan fingerprint density at radius 3 is 2.51 bits per heavy atom. The van der Waals surface area contributed by atoms with Crippen LogP contribution in [-0.2, 0) is 16.0 Å². The fraction of sp³-hybridized carbons (Fsp3) is 0.367. The van der Waals surface area contributed by atoms with Crippen LogP contribution in [0.4, 0.5) is 5.69 Å². The molecule has 216 valence electrons. The molecular weight excluding hydrogens is 569 g/mol. The summed E-state index contributed by atoms with van der Waals surface area (Å²) in [5, 5.41) is 3.17. The predicted molar refractivity (Wildman–Crippen MR) is 155 cm³/mol. The summed E-state index contributed by atoms with van der Waals surface area (Å²) >= 11 is 12.3. The van der Waals surface area contributed by atoms with Gasteiger partial charge < -0.3 is 24.3 Å². The average Bonchev–Trinajstić information content (AvgIpc) is 3.42. The van der Waals surface area contributed by atoms with E-state index in [1.165, 1.54) is 19.5 Å². The van der Waals surface area contributed by atoms with E-state index >= 15 is 0 Å². The average molecular weight is 600 g/mol. The number of hydrogen-bond donors (Lipinski definition) is 1. The molecule has 0 radical (unpaired) electrons. The van der Waals surface area contributed by atoms with Crippen LogP contribution in [0, 0.1) is 0 Å². The summed E-state index contributed by atoms with van der Waals surface area (Å²) in [6.07, 6.45) is 4.21. The monoisotopic (exact) mass is 599 g/mol. The van der Waals surface area contributed by atoms with Crippen molar-refractivity contribution in [3.63, 3.8) is 0 Å². The van der Waals surface area contributed by atoms with Crippen LogP contribution in [0.3, 0.4) is 0 Å². The van der Waals surface area contributed by atoms with Gasteiger partial charge >= 0.3 is 5.97 Å². The number of nitrogens with zero attached hydrogens (tertiary/aromatic N) is 2. The first-order valence-corrected chi connectivity index (χ1v) is 14.2. The van der Waals surface area contributed by atoms with Gasteiger partial charge in [0.2, 0.25) is 0 Å². The van der Waals surface area contributed by atoms with Crippen molar-refractivity contribution in [2.24, 2.45) is 0 Å². The summed E-state index contributed by atoms with van der Waals surface area (Å²) in [5.74, 6) is 0.143. The van der Waals surface area contributed by atoms with Crippen molar-refractivity contribution in [1.82, 2.24) is 9.88 Å². The van der Waals surface area contributed by atoms with Crippen LogP contribution >= 0.6 is 23.2 Å². The maximum absolute atomic E-state index is 12.9. The molecule has 0 spiro atoms. The Balaban J connectivity index is 1.19. The second kappa shape index (κ2) is 13.5. The van der Waals surface area contributed by atoms with E-state index in [1.54, 1.807) is 24.3 Å². The Morgan fingerprint density at radius 1 is 1.00 bits per heavy atom. The SMILES string of the molecule is COc1ccc(C(=O)Nc2c(Cl)cncc2Cl)cc1O[C@@H]1CC[C@H](OC(=O)c2cccc(CN3CCOCC3)c2)C1. The van der Waals surface area contributed by atoms with E-state index in [1.807, 2.05) is 18.2 Å². The molecule has 1 N–H and O–H groups in total. The number of carbonyl (C=O) groups is 2. The van der Waals surface area contributed by atoms with Crippen LogP contribution in [0.1, 0.15) is 45.5 Å². The van der Waals surface area contributed by atoms with Gasteiger partial charge in [0.05, 0.1) is 41.6 Å². The van der Waals surface area contributed by atoms with E-state index in [9.17, 15) is 9.59 Å². The van der Waals surface area contributed by atoms with Gasteiger partial charge in [-0.1, -0.05) is 35.3 Å². The molecule has 11 heteroatoms. The summed E-state index contributed by atoms with van der Waals surface area (Å²) in [7, 11) is 1.53. The number of rotatable bonds is 9. The molecule has 0 bridgehead atoms. The number of methoxy groups -OCH3 is 1. The van der Waals surface area contributed by atoms with Crippen molar-refractivity contribution in [2.45, 2.75) is 38.0 Å². The first-order chi connectivity index (χ1) is 19.9. The molecule has 2 atom stereocenters. The van der Waals surface area contributed by atoms with Gasteiger partial charge in [-0.15, -0.1) is 0 Å². The van der Waals surface area contributed by atoms with Crippen LogP contribution in [0.25, 0.3) is 0 Å². The lowest BCUT2D eigenvalue weighted by Gasteiger charge is -2.26. The van der Waals surface area contributed by atoms with Crippen LogP contribution in [0.2, 0.25) is 10.0 Å². The third kappa shape index (κ3) is 7.48. The van der Waals surface area contributed by atoms with Gasteiger partial charge in [-0.3, -0.25) is 14.7 Å². The fourth-order valence-electron chi connectivity index (χ4n) is 4.95. The zero-order valence-electron chi connectivity index (χ0n) is 22.6. The number of amides is 1. The van der Waals surface area contributed by atoms with Gasteiger partial charge in [-0.05, 0) is 48.7 Å². The normalized spacial score (nSPS) is 19.0. The zero-order valence-corrected chi connectivity index (χ0v) is 24.1. The number of esters is 1. The highest BCUT2D eigenvalue weighted by Gasteiger charge is 2.30. The van der Waals surface area contributed by atoms with E-state index < -0.39 is 5.91 Å². The summed E-state index contributed by atoms with van der Waals surface area (Å²) in [6, 6.07) is 12.5. The number of carbonyl (C=O) groups excluding carboxylic acids is 2. The number of benzene rings is 2. The summed E-state index contributed by atoms with van der Waals surface area (Å²) in [4.78, 5) is 32.1. The van der Waals surface area contributed by atoms with Crippen LogP contribution < -0.4 is 14.8 Å². The maximum Gasteiger partial charge on any atom is 0.338 e. The largest absolute Gasteiger partial charge is 0.493 e. The number of hydrogen-bond acceptors (Lipinski definition) is 8. The highest BCUT2D eigenvalue weighted by molar-refractivity contribution is 6.39. The number of aromatic nitrogens is 1. The maximum atomic E-state index is 12.9. The molecule has 2 aliphatic rings. The van der Waals surface area contributed by atoms with E-state index in [2.05, 4.69) is 15.2 Å². The van der Waals surface area contributed by atoms with E-state index in [0.717, 1.165) is 38.4 Å². The van der Waals surface area contributed by atoms with E-state index in [0.29, 0.717) is 41.9 Å². The lowest BCUT2D eigenvalue weighted by atomic mass is 10.1. The molecule has 3 aromatic rings. The molecular formula is C30H31Cl2N3O6. The number of nitrogens with one attached hydrogen (secondary N) is 1. The lowest BCUT2D eigenvalue weighted by molar-refractivity contribution is 0.0290. The molecule has 2 aromatic carbocycles. The molecule has 1 amide bonds. The summed E-state index contributed by atoms with van der Waals surface area (Å²) in [6.45, 7) is 3.98. The Morgan fingerprint density at radius 2 is 1.76 bits per heavy atom. The van der Waals surface area contributed by atoms with Gasteiger partial charge in [0.1, 0.15) is 12.2 Å². The van der Waals surface area contributed by atoms with Crippen LogP contribution in [-0.4, -0.2) is 67.4 Å².